The molecule has 6 rings (SSSR count). The quantitative estimate of drug-likeness (QED) is 0.382. The van der Waals surface area contributed by atoms with Crippen molar-refractivity contribution in [3.8, 4) is 11.1 Å². The Morgan fingerprint density at radius 1 is 1.03 bits per heavy atom. The predicted octanol–water partition coefficient (Wildman–Crippen LogP) is 3.80. The van der Waals surface area contributed by atoms with E-state index in [0.717, 1.165) is 47.2 Å². The monoisotopic (exact) mass is 524 g/mol. The van der Waals surface area contributed by atoms with Gasteiger partial charge >= 0.3 is 0 Å². The van der Waals surface area contributed by atoms with Crippen molar-refractivity contribution in [3.63, 3.8) is 0 Å². The lowest BCUT2D eigenvalue weighted by Crippen LogP contribution is -2.34. The SMILES string of the molecule is CCCc1c(Cc2ccc(-c3ccccc3)c(C3=NNC(=O)C3)c2)c(=O)n(C2CCC(O)CC2)c2ncnn12. The number of aliphatic hydroxyl groups excluding tert-OH is 1. The van der Waals surface area contributed by atoms with Gasteiger partial charge in [-0.05, 0) is 54.9 Å². The van der Waals surface area contributed by atoms with Gasteiger partial charge in [-0.1, -0.05) is 55.8 Å². The highest BCUT2D eigenvalue weighted by atomic mass is 16.3. The molecule has 2 aromatic carbocycles. The second kappa shape index (κ2) is 10.6. The third-order valence-corrected chi connectivity index (χ3v) is 7.85. The largest absolute Gasteiger partial charge is 0.393 e. The fourth-order valence-corrected chi connectivity index (χ4v) is 5.92. The number of hydrogen-bond acceptors (Lipinski definition) is 6. The second-order valence-corrected chi connectivity index (χ2v) is 10.5. The van der Waals surface area contributed by atoms with Crippen LogP contribution in [0, 0.1) is 0 Å². The van der Waals surface area contributed by atoms with Crippen LogP contribution in [-0.4, -0.2) is 42.0 Å². The standard InChI is InChI=1S/C30H32N6O3/c1-2-6-27-25(29(39)35(30-31-18-32-36(27)30)21-10-12-22(37)13-11-21)16-19-9-14-23(20-7-4-3-5-8-20)24(15-19)26-17-28(38)34-33-26/h3-5,7-9,14-15,18,21-22,37H,2,6,10-13,16-17H2,1H3,(H,34,38). The number of rotatable bonds is 7. The van der Waals surface area contributed by atoms with Gasteiger partial charge in [0.15, 0.2) is 0 Å². The van der Waals surface area contributed by atoms with Crippen LogP contribution < -0.4 is 11.0 Å². The van der Waals surface area contributed by atoms with E-state index in [-0.39, 0.29) is 30.0 Å². The number of aromatic nitrogens is 4. The highest BCUT2D eigenvalue weighted by Gasteiger charge is 2.27. The average molecular weight is 525 g/mol. The van der Waals surface area contributed by atoms with Crippen molar-refractivity contribution in [2.75, 3.05) is 0 Å². The van der Waals surface area contributed by atoms with Gasteiger partial charge in [0.1, 0.15) is 6.33 Å². The van der Waals surface area contributed by atoms with Crippen LogP contribution >= 0.6 is 0 Å². The van der Waals surface area contributed by atoms with E-state index in [1.807, 2.05) is 34.8 Å². The van der Waals surface area contributed by atoms with Gasteiger partial charge in [0.05, 0.1) is 23.9 Å². The molecule has 0 bridgehead atoms. The molecule has 2 aromatic heterocycles. The summed E-state index contributed by atoms with van der Waals surface area (Å²) in [6.07, 6.45) is 6.21. The average Bonchev–Trinajstić information content (AvgIpc) is 3.61. The summed E-state index contributed by atoms with van der Waals surface area (Å²) in [5, 5.41) is 18.9. The van der Waals surface area contributed by atoms with E-state index < -0.39 is 0 Å². The molecule has 3 heterocycles. The van der Waals surface area contributed by atoms with Crippen molar-refractivity contribution in [2.45, 2.75) is 70.4 Å². The summed E-state index contributed by atoms with van der Waals surface area (Å²) in [5.41, 5.74) is 8.71. The molecule has 1 aliphatic heterocycles. The molecule has 2 aliphatic rings. The third-order valence-electron chi connectivity index (χ3n) is 7.85. The first kappa shape index (κ1) is 25.2. The molecule has 9 heteroatoms. The number of benzene rings is 2. The number of amides is 1. The zero-order valence-electron chi connectivity index (χ0n) is 22.0. The lowest BCUT2D eigenvalue weighted by atomic mass is 9.91. The lowest BCUT2D eigenvalue weighted by Gasteiger charge is -2.28. The third kappa shape index (κ3) is 4.78. The number of aliphatic hydroxyl groups is 1. The first-order valence-electron chi connectivity index (χ1n) is 13.7. The summed E-state index contributed by atoms with van der Waals surface area (Å²) >= 11 is 0. The van der Waals surface area contributed by atoms with E-state index in [2.05, 4.69) is 45.7 Å². The first-order valence-corrected chi connectivity index (χ1v) is 13.7. The van der Waals surface area contributed by atoms with E-state index in [0.29, 0.717) is 42.7 Å². The van der Waals surface area contributed by atoms with Gasteiger partial charge in [-0.3, -0.25) is 14.2 Å². The Hall–Kier alpha value is -4.11. The van der Waals surface area contributed by atoms with Gasteiger partial charge in [0.2, 0.25) is 11.7 Å². The van der Waals surface area contributed by atoms with Crippen molar-refractivity contribution in [1.29, 1.82) is 0 Å². The van der Waals surface area contributed by atoms with E-state index in [4.69, 9.17) is 0 Å². The van der Waals surface area contributed by atoms with Crippen LogP contribution in [-0.2, 0) is 17.6 Å². The van der Waals surface area contributed by atoms with E-state index in [9.17, 15) is 14.7 Å². The highest BCUT2D eigenvalue weighted by Crippen LogP contribution is 2.31. The summed E-state index contributed by atoms with van der Waals surface area (Å²) < 4.78 is 3.63. The Morgan fingerprint density at radius 3 is 2.54 bits per heavy atom. The molecule has 1 amide bonds. The van der Waals surface area contributed by atoms with Crippen LogP contribution in [0.25, 0.3) is 16.9 Å². The summed E-state index contributed by atoms with van der Waals surface area (Å²) in [4.78, 5) is 30.7. The molecular weight excluding hydrogens is 492 g/mol. The van der Waals surface area contributed by atoms with Crippen molar-refractivity contribution < 1.29 is 9.90 Å². The van der Waals surface area contributed by atoms with E-state index in [1.165, 1.54) is 6.33 Å². The predicted molar refractivity (Wildman–Crippen MR) is 149 cm³/mol. The maximum absolute atomic E-state index is 14.2. The lowest BCUT2D eigenvalue weighted by molar-refractivity contribution is -0.119. The van der Waals surface area contributed by atoms with Gasteiger partial charge in [-0.2, -0.15) is 15.2 Å². The van der Waals surface area contributed by atoms with Gasteiger partial charge in [0, 0.05) is 23.6 Å². The summed E-state index contributed by atoms with van der Waals surface area (Å²) in [7, 11) is 0. The number of carbonyl (C=O) groups is 1. The minimum Gasteiger partial charge on any atom is -0.393 e. The molecule has 9 nitrogen and oxygen atoms in total. The number of hydrazone groups is 1. The summed E-state index contributed by atoms with van der Waals surface area (Å²) in [5.74, 6) is 0.440. The van der Waals surface area contributed by atoms with Gasteiger partial charge in [-0.25, -0.2) is 9.94 Å². The minimum absolute atomic E-state index is 0.0250. The van der Waals surface area contributed by atoms with Crippen molar-refractivity contribution >= 4 is 17.4 Å². The van der Waals surface area contributed by atoms with Gasteiger partial charge in [0.25, 0.3) is 5.56 Å². The molecule has 1 saturated carbocycles. The van der Waals surface area contributed by atoms with Gasteiger partial charge in [-0.15, -0.1) is 0 Å². The highest BCUT2D eigenvalue weighted by molar-refractivity contribution is 6.16. The Labute approximate surface area is 226 Å². The molecule has 200 valence electrons. The van der Waals surface area contributed by atoms with Crippen LogP contribution in [0.5, 0.6) is 0 Å². The van der Waals surface area contributed by atoms with Crippen LogP contribution in [0.3, 0.4) is 0 Å². The zero-order valence-corrected chi connectivity index (χ0v) is 22.0. The number of nitrogens with one attached hydrogen (secondary N) is 1. The van der Waals surface area contributed by atoms with Gasteiger partial charge < -0.3 is 5.11 Å². The van der Waals surface area contributed by atoms with Crippen LogP contribution in [0.2, 0.25) is 0 Å². The second-order valence-electron chi connectivity index (χ2n) is 10.5. The number of carbonyl (C=O) groups excluding carboxylic acids is 1. The fraction of sp³-hybridized carbons (Fsp3) is 0.367. The number of fused-ring (bicyclic) bond motifs is 1. The van der Waals surface area contributed by atoms with Crippen molar-refractivity contribution in [2.24, 2.45) is 5.10 Å². The Morgan fingerprint density at radius 2 is 1.82 bits per heavy atom. The number of nitrogens with zero attached hydrogens (tertiary/aromatic N) is 5. The molecule has 0 spiro atoms. The molecule has 0 unspecified atom stereocenters. The molecular formula is C30H32N6O3. The van der Waals surface area contributed by atoms with Crippen LogP contribution in [0.15, 0.2) is 64.8 Å². The molecule has 1 fully saturated rings. The Balaban J connectivity index is 1.47. The van der Waals surface area contributed by atoms with Crippen molar-refractivity contribution in [3.05, 3.63) is 87.6 Å². The molecule has 0 radical (unpaired) electrons. The Bertz CT molecular complexity index is 1610. The number of hydrogen-bond donors (Lipinski definition) is 2. The molecule has 0 saturated heterocycles. The number of aryl methyl sites for hydroxylation is 1. The van der Waals surface area contributed by atoms with E-state index in [1.54, 1.807) is 4.57 Å². The van der Waals surface area contributed by atoms with Crippen LogP contribution in [0.4, 0.5) is 0 Å². The molecule has 2 N–H and O–H groups in total. The summed E-state index contributed by atoms with van der Waals surface area (Å²) in [6.45, 7) is 2.09. The fourth-order valence-electron chi connectivity index (χ4n) is 5.92. The Kier molecular flexibility index (Phi) is 6.83. The normalized spacial score (nSPS) is 19.3. The summed E-state index contributed by atoms with van der Waals surface area (Å²) in [6, 6.07) is 16.2. The smallest absolute Gasteiger partial charge is 0.259 e. The molecule has 1 aliphatic carbocycles. The maximum Gasteiger partial charge on any atom is 0.259 e. The molecule has 4 aromatic rings. The molecule has 0 atom stereocenters. The van der Waals surface area contributed by atoms with Crippen molar-refractivity contribution in [1.82, 2.24) is 24.6 Å². The topological polar surface area (TPSA) is 114 Å². The zero-order chi connectivity index (χ0) is 26.9. The van der Waals surface area contributed by atoms with Crippen LogP contribution in [0.1, 0.15) is 73.9 Å². The molecule has 39 heavy (non-hydrogen) atoms. The first-order chi connectivity index (χ1) is 19.0. The maximum atomic E-state index is 14.2. The van der Waals surface area contributed by atoms with E-state index >= 15 is 0 Å². The minimum atomic E-state index is -0.314.